The molecule has 1 fully saturated rings. The summed E-state index contributed by atoms with van der Waals surface area (Å²) in [6.45, 7) is 5.28. The first kappa shape index (κ1) is 16.0. The molecule has 1 aromatic rings. The maximum absolute atomic E-state index is 12.0. The van der Waals surface area contributed by atoms with E-state index in [1.807, 2.05) is 12.1 Å². The lowest BCUT2D eigenvalue weighted by atomic mass is 9.95. The van der Waals surface area contributed by atoms with Gasteiger partial charge in [0.1, 0.15) is 0 Å². The maximum Gasteiger partial charge on any atom is 0.234 e. The molecule has 1 saturated heterocycles. The fourth-order valence-electron chi connectivity index (χ4n) is 2.88. The van der Waals surface area contributed by atoms with Gasteiger partial charge in [-0.3, -0.25) is 9.69 Å². The highest BCUT2D eigenvalue weighted by molar-refractivity contribution is 5.78. The van der Waals surface area contributed by atoms with Crippen molar-refractivity contribution < 1.29 is 9.90 Å². The van der Waals surface area contributed by atoms with Crippen molar-refractivity contribution in [1.29, 1.82) is 0 Å². The summed E-state index contributed by atoms with van der Waals surface area (Å²) in [5, 5.41) is 12.0. The molecule has 0 aromatic heterocycles. The Morgan fingerprint density at radius 3 is 2.86 bits per heavy atom. The lowest BCUT2D eigenvalue weighted by molar-refractivity contribution is -0.122. The van der Waals surface area contributed by atoms with E-state index in [1.165, 1.54) is 12.0 Å². The number of carbonyl (C=O) groups excluding carboxylic acids is 1. The van der Waals surface area contributed by atoms with Crippen molar-refractivity contribution in [1.82, 2.24) is 10.2 Å². The van der Waals surface area contributed by atoms with E-state index in [0.717, 1.165) is 31.5 Å². The van der Waals surface area contributed by atoms with E-state index in [4.69, 9.17) is 5.11 Å². The lowest BCUT2D eigenvalue weighted by Gasteiger charge is -2.31. The monoisotopic (exact) mass is 290 g/mol. The predicted octanol–water partition coefficient (Wildman–Crippen LogP) is 1.71. The van der Waals surface area contributed by atoms with Gasteiger partial charge in [0.25, 0.3) is 0 Å². The number of piperidine rings is 1. The van der Waals surface area contributed by atoms with Gasteiger partial charge in [-0.05, 0) is 44.2 Å². The quantitative estimate of drug-likeness (QED) is 0.838. The summed E-state index contributed by atoms with van der Waals surface area (Å²) in [6.07, 6.45) is 3.14. The van der Waals surface area contributed by atoms with Gasteiger partial charge in [0.15, 0.2) is 0 Å². The first-order valence-electron chi connectivity index (χ1n) is 7.83. The van der Waals surface area contributed by atoms with Crippen molar-refractivity contribution in [2.45, 2.75) is 32.7 Å². The highest BCUT2D eigenvalue weighted by Gasteiger charge is 2.20. The molecular weight excluding hydrogens is 264 g/mol. The van der Waals surface area contributed by atoms with Crippen molar-refractivity contribution in [3.05, 3.63) is 35.4 Å². The highest BCUT2D eigenvalue weighted by atomic mass is 16.3. The molecule has 0 aliphatic carbocycles. The molecule has 0 radical (unpaired) electrons. The number of rotatable bonds is 6. The van der Waals surface area contributed by atoms with Crippen LogP contribution in [0, 0.1) is 12.8 Å². The molecular formula is C17H26N2O2. The zero-order valence-electron chi connectivity index (χ0n) is 12.8. The molecule has 0 bridgehead atoms. The second-order valence-electron chi connectivity index (χ2n) is 6.02. The number of aryl methyl sites for hydroxylation is 1. The molecule has 1 atom stereocenters. The molecule has 0 spiro atoms. The standard InChI is InChI=1S/C17H26N2O2/c1-14-4-6-15(7-5-14)11-18-17(21)13-19-9-2-3-16(12-19)8-10-20/h4-7,16,20H,2-3,8-13H2,1H3,(H,18,21). The minimum absolute atomic E-state index is 0.0835. The number of aliphatic hydroxyl groups is 1. The van der Waals surface area contributed by atoms with Crippen molar-refractivity contribution >= 4 is 5.91 Å². The highest BCUT2D eigenvalue weighted by Crippen LogP contribution is 2.18. The molecule has 116 valence electrons. The van der Waals surface area contributed by atoms with Gasteiger partial charge in [0.05, 0.1) is 6.54 Å². The van der Waals surface area contributed by atoms with Crippen LogP contribution in [0.5, 0.6) is 0 Å². The summed E-state index contributed by atoms with van der Waals surface area (Å²) >= 11 is 0. The number of hydrogen-bond donors (Lipinski definition) is 2. The Hall–Kier alpha value is -1.39. The third-order valence-electron chi connectivity index (χ3n) is 4.12. The van der Waals surface area contributed by atoms with Crippen molar-refractivity contribution in [2.24, 2.45) is 5.92 Å². The van der Waals surface area contributed by atoms with E-state index in [2.05, 4.69) is 29.3 Å². The average Bonchev–Trinajstić information content (AvgIpc) is 2.47. The molecule has 21 heavy (non-hydrogen) atoms. The van der Waals surface area contributed by atoms with Crippen LogP contribution in [0.15, 0.2) is 24.3 Å². The van der Waals surface area contributed by atoms with Crippen LogP contribution in [0.1, 0.15) is 30.4 Å². The number of carbonyl (C=O) groups is 1. The molecule has 1 aliphatic rings. The number of benzene rings is 1. The molecule has 1 heterocycles. The number of nitrogens with one attached hydrogen (secondary N) is 1. The molecule has 1 amide bonds. The summed E-state index contributed by atoms with van der Waals surface area (Å²) in [7, 11) is 0. The Morgan fingerprint density at radius 2 is 2.14 bits per heavy atom. The van der Waals surface area contributed by atoms with Gasteiger partial charge >= 0.3 is 0 Å². The lowest BCUT2D eigenvalue weighted by Crippen LogP contribution is -2.42. The van der Waals surface area contributed by atoms with E-state index in [-0.39, 0.29) is 12.5 Å². The molecule has 4 heteroatoms. The van der Waals surface area contributed by atoms with E-state index in [1.54, 1.807) is 0 Å². The van der Waals surface area contributed by atoms with Crippen LogP contribution >= 0.6 is 0 Å². The topological polar surface area (TPSA) is 52.6 Å². The summed E-state index contributed by atoms with van der Waals surface area (Å²) in [6, 6.07) is 8.22. The Balaban J connectivity index is 1.72. The largest absolute Gasteiger partial charge is 0.396 e. The van der Waals surface area contributed by atoms with Crippen molar-refractivity contribution in [3.63, 3.8) is 0 Å². The first-order chi connectivity index (χ1) is 10.2. The normalized spacial score (nSPS) is 19.4. The number of nitrogens with zero attached hydrogens (tertiary/aromatic N) is 1. The summed E-state index contributed by atoms with van der Waals surface area (Å²) in [4.78, 5) is 14.2. The fourth-order valence-corrected chi connectivity index (χ4v) is 2.88. The zero-order chi connectivity index (χ0) is 15.1. The van der Waals surface area contributed by atoms with Crippen LogP contribution in [0.4, 0.5) is 0 Å². The Morgan fingerprint density at radius 1 is 1.38 bits per heavy atom. The van der Waals surface area contributed by atoms with Crippen molar-refractivity contribution in [2.75, 3.05) is 26.2 Å². The van der Waals surface area contributed by atoms with Crippen LogP contribution in [0.25, 0.3) is 0 Å². The van der Waals surface area contributed by atoms with Gasteiger partial charge < -0.3 is 10.4 Å². The summed E-state index contributed by atoms with van der Waals surface area (Å²) in [5.74, 6) is 0.619. The van der Waals surface area contributed by atoms with Crippen molar-refractivity contribution in [3.8, 4) is 0 Å². The summed E-state index contributed by atoms with van der Waals surface area (Å²) in [5.41, 5.74) is 2.36. The summed E-state index contributed by atoms with van der Waals surface area (Å²) < 4.78 is 0. The van der Waals surface area contributed by atoms with Gasteiger partial charge in [-0.2, -0.15) is 0 Å². The van der Waals surface area contributed by atoms with Gasteiger partial charge in [-0.1, -0.05) is 29.8 Å². The Kier molecular flexibility index (Phi) is 6.21. The molecule has 1 unspecified atom stereocenters. The molecule has 2 N–H and O–H groups in total. The SMILES string of the molecule is Cc1ccc(CNC(=O)CN2CCCC(CCO)C2)cc1. The number of aliphatic hydroxyl groups excluding tert-OH is 1. The van der Waals surface area contributed by atoms with E-state index in [9.17, 15) is 4.79 Å². The van der Waals surface area contributed by atoms with E-state index >= 15 is 0 Å². The van der Waals surface area contributed by atoms with E-state index in [0.29, 0.717) is 19.0 Å². The third-order valence-corrected chi connectivity index (χ3v) is 4.12. The third kappa shape index (κ3) is 5.48. The van der Waals surface area contributed by atoms with Crippen LogP contribution < -0.4 is 5.32 Å². The van der Waals surface area contributed by atoms with E-state index < -0.39 is 0 Å². The number of likely N-dealkylation sites (tertiary alicyclic amines) is 1. The maximum atomic E-state index is 12.0. The zero-order valence-corrected chi connectivity index (χ0v) is 12.8. The minimum Gasteiger partial charge on any atom is -0.396 e. The van der Waals surface area contributed by atoms with Gasteiger partial charge in [0.2, 0.25) is 5.91 Å². The molecule has 1 aromatic carbocycles. The first-order valence-corrected chi connectivity index (χ1v) is 7.83. The minimum atomic E-state index is 0.0835. The number of hydrogen-bond acceptors (Lipinski definition) is 3. The fraction of sp³-hybridized carbons (Fsp3) is 0.588. The average molecular weight is 290 g/mol. The van der Waals surface area contributed by atoms with Crippen LogP contribution in [-0.2, 0) is 11.3 Å². The molecule has 0 saturated carbocycles. The smallest absolute Gasteiger partial charge is 0.234 e. The van der Waals surface area contributed by atoms with Gasteiger partial charge in [-0.25, -0.2) is 0 Å². The van der Waals surface area contributed by atoms with Crippen LogP contribution in [0.3, 0.4) is 0 Å². The Bertz CT molecular complexity index is 443. The van der Waals surface area contributed by atoms with Gasteiger partial charge in [0, 0.05) is 19.7 Å². The second kappa shape index (κ2) is 8.15. The number of amides is 1. The Labute approximate surface area is 127 Å². The van der Waals surface area contributed by atoms with Crippen LogP contribution in [-0.4, -0.2) is 42.2 Å². The molecule has 2 rings (SSSR count). The molecule has 1 aliphatic heterocycles. The van der Waals surface area contributed by atoms with Gasteiger partial charge in [-0.15, -0.1) is 0 Å². The molecule has 4 nitrogen and oxygen atoms in total. The second-order valence-corrected chi connectivity index (χ2v) is 6.02. The predicted molar refractivity (Wildman–Crippen MR) is 83.9 cm³/mol. The van der Waals surface area contributed by atoms with Crippen LogP contribution in [0.2, 0.25) is 0 Å².